The summed E-state index contributed by atoms with van der Waals surface area (Å²) in [6.45, 7) is 4.22. The molecule has 1 aromatic rings. The van der Waals surface area contributed by atoms with E-state index < -0.39 is 0 Å². The lowest BCUT2D eigenvalue weighted by Crippen LogP contribution is -1.90. The van der Waals surface area contributed by atoms with Crippen molar-refractivity contribution in [2.45, 2.75) is 20.3 Å². The van der Waals surface area contributed by atoms with Gasteiger partial charge in [-0.1, -0.05) is 13.8 Å². The topological polar surface area (TPSA) is 33.4 Å². The van der Waals surface area contributed by atoms with E-state index in [1.54, 1.807) is 6.07 Å². The van der Waals surface area contributed by atoms with Gasteiger partial charge < -0.3 is 9.52 Å². The standard InChI is InChI=1S/C8H12O2/c1-6(2)3-8-4-7(9)5-10-8/h4-6,9H,3H2,1-2H3. The summed E-state index contributed by atoms with van der Waals surface area (Å²) in [6.07, 6.45) is 2.25. The number of hydrogen-bond acceptors (Lipinski definition) is 2. The molecule has 0 spiro atoms. The molecule has 2 heteroatoms. The second kappa shape index (κ2) is 2.78. The van der Waals surface area contributed by atoms with E-state index in [4.69, 9.17) is 9.52 Å². The first kappa shape index (κ1) is 7.19. The highest BCUT2D eigenvalue weighted by atomic mass is 16.4. The van der Waals surface area contributed by atoms with Crippen molar-refractivity contribution in [3.8, 4) is 5.75 Å². The molecular weight excluding hydrogens is 128 g/mol. The van der Waals surface area contributed by atoms with Crippen LogP contribution in [0.4, 0.5) is 0 Å². The average Bonchev–Trinajstić information content (AvgIpc) is 2.13. The molecule has 0 unspecified atom stereocenters. The van der Waals surface area contributed by atoms with Gasteiger partial charge >= 0.3 is 0 Å². The van der Waals surface area contributed by atoms with Crippen molar-refractivity contribution < 1.29 is 9.52 Å². The summed E-state index contributed by atoms with van der Waals surface area (Å²) in [4.78, 5) is 0. The Morgan fingerprint density at radius 3 is 2.70 bits per heavy atom. The van der Waals surface area contributed by atoms with Crippen LogP contribution in [0, 0.1) is 5.92 Å². The number of hydrogen-bond donors (Lipinski definition) is 1. The molecule has 56 valence electrons. The molecule has 0 aliphatic carbocycles. The van der Waals surface area contributed by atoms with Crippen molar-refractivity contribution >= 4 is 0 Å². The summed E-state index contributed by atoms with van der Waals surface area (Å²) in [5, 5.41) is 8.87. The number of furan rings is 1. The van der Waals surface area contributed by atoms with Gasteiger partial charge in [-0.05, 0) is 5.92 Å². The molecule has 0 aromatic carbocycles. The summed E-state index contributed by atoms with van der Waals surface area (Å²) in [7, 11) is 0. The van der Waals surface area contributed by atoms with Crippen LogP contribution in [0.5, 0.6) is 5.75 Å². The van der Waals surface area contributed by atoms with Gasteiger partial charge in [0.1, 0.15) is 12.0 Å². The molecule has 0 aliphatic rings. The Kier molecular flexibility index (Phi) is 2.00. The Hall–Kier alpha value is -0.920. The highest BCUT2D eigenvalue weighted by molar-refractivity contribution is 5.17. The molecule has 2 nitrogen and oxygen atoms in total. The van der Waals surface area contributed by atoms with Gasteiger partial charge in [-0.2, -0.15) is 0 Å². The van der Waals surface area contributed by atoms with Crippen LogP contribution >= 0.6 is 0 Å². The van der Waals surface area contributed by atoms with Crippen LogP contribution in [0.1, 0.15) is 19.6 Å². The largest absolute Gasteiger partial charge is 0.505 e. The molecule has 0 aliphatic heterocycles. The van der Waals surface area contributed by atoms with Gasteiger partial charge in [0.2, 0.25) is 0 Å². The van der Waals surface area contributed by atoms with Gasteiger partial charge in [0.15, 0.2) is 5.75 Å². The number of aromatic hydroxyl groups is 1. The normalized spacial score (nSPS) is 10.7. The van der Waals surface area contributed by atoms with Crippen molar-refractivity contribution in [3.63, 3.8) is 0 Å². The van der Waals surface area contributed by atoms with Gasteiger partial charge in [0.25, 0.3) is 0 Å². The quantitative estimate of drug-likeness (QED) is 0.683. The zero-order valence-electron chi connectivity index (χ0n) is 6.29. The summed E-state index contributed by atoms with van der Waals surface area (Å²) in [5.41, 5.74) is 0. The van der Waals surface area contributed by atoms with Crippen molar-refractivity contribution in [1.29, 1.82) is 0 Å². The summed E-state index contributed by atoms with van der Waals surface area (Å²) in [5.74, 6) is 1.65. The maximum atomic E-state index is 8.87. The van der Waals surface area contributed by atoms with E-state index in [1.165, 1.54) is 6.26 Å². The minimum absolute atomic E-state index is 0.218. The zero-order chi connectivity index (χ0) is 7.56. The summed E-state index contributed by atoms with van der Waals surface area (Å²) < 4.78 is 5.03. The SMILES string of the molecule is CC(C)Cc1cc(O)co1. The van der Waals surface area contributed by atoms with E-state index in [-0.39, 0.29) is 5.75 Å². The first-order chi connectivity index (χ1) is 4.68. The van der Waals surface area contributed by atoms with E-state index in [1.807, 2.05) is 0 Å². The highest BCUT2D eigenvalue weighted by Gasteiger charge is 2.01. The van der Waals surface area contributed by atoms with E-state index in [0.717, 1.165) is 12.2 Å². The second-order valence-corrected chi connectivity index (χ2v) is 2.87. The first-order valence-electron chi connectivity index (χ1n) is 3.45. The third kappa shape index (κ3) is 1.79. The summed E-state index contributed by atoms with van der Waals surface area (Å²) >= 11 is 0. The highest BCUT2D eigenvalue weighted by Crippen LogP contribution is 2.16. The van der Waals surface area contributed by atoms with Crippen molar-refractivity contribution in [2.75, 3.05) is 0 Å². The van der Waals surface area contributed by atoms with Crippen LogP contribution in [0.15, 0.2) is 16.7 Å². The molecule has 1 aromatic heterocycles. The van der Waals surface area contributed by atoms with Gasteiger partial charge in [0.05, 0.1) is 0 Å². The molecule has 10 heavy (non-hydrogen) atoms. The Morgan fingerprint density at radius 2 is 2.30 bits per heavy atom. The third-order valence-corrected chi connectivity index (χ3v) is 1.25. The molecule has 1 heterocycles. The molecule has 0 saturated carbocycles. The molecule has 0 fully saturated rings. The van der Waals surface area contributed by atoms with E-state index in [2.05, 4.69) is 13.8 Å². The smallest absolute Gasteiger partial charge is 0.153 e. The Labute approximate surface area is 60.5 Å². The fraction of sp³-hybridized carbons (Fsp3) is 0.500. The monoisotopic (exact) mass is 140 g/mol. The molecule has 0 radical (unpaired) electrons. The predicted molar refractivity (Wildman–Crippen MR) is 38.9 cm³/mol. The van der Waals surface area contributed by atoms with Crippen LogP contribution in [0.3, 0.4) is 0 Å². The minimum Gasteiger partial charge on any atom is -0.505 e. The molecule has 1 rings (SSSR count). The molecule has 0 bridgehead atoms. The van der Waals surface area contributed by atoms with Crippen molar-refractivity contribution in [1.82, 2.24) is 0 Å². The van der Waals surface area contributed by atoms with Gasteiger partial charge in [-0.3, -0.25) is 0 Å². The lowest BCUT2D eigenvalue weighted by atomic mass is 10.1. The lowest BCUT2D eigenvalue weighted by Gasteiger charge is -1.97. The molecule has 1 N–H and O–H groups in total. The van der Waals surface area contributed by atoms with Crippen LogP contribution in [-0.2, 0) is 6.42 Å². The summed E-state index contributed by atoms with van der Waals surface area (Å²) in [6, 6.07) is 1.65. The average molecular weight is 140 g/mol. The van der Waals surface area contributed by atoms with Gasteiger partial charge in [-0.15, -0.1) is 0 Å². The van der Waals surface area contributed by atoms with Gasteiger partial charge in [0, 0.05) is 12.5 Å². The Balaban J connectivity index is 2.58. The third-order valence-electron chi connectivity index (χ3n) is 1.25. The fourth-order valence-electron chi connectivity index (χ4n) is 0.878. The van der Waals surface area contributed by atoms with Crippen molar-refractivity contribution in [2.24, 2.45) is 5.92 Å². The zero-order valence-corrected chi connectivity index (χ0v) is 6.29. The Morgan fingerprint density at radius 1 is 1.60 bits per heavy atom. The van der Waals surface area contributed by atoms with Gasteiger partial charge in [-0.25, -0.2) is 0 Å². The maximum Gasteiger partial charge on any atom is 0.153 e. The van der Waals surface area contributed by atoms with E-state index in [9.17, 15) is 0 Å². The first-order valence-corrected chi connectivity index (χ1v) is 3.45. The maximum absolute atomic E-state index is 8.87. The molecular formula is C8H12O2. The Bertz CT molecular complexity index is 201. The minimum atomic E-state index is 0.218. The van der Waals surface area contributed by atoms with E-state index >= 15 is 0 Å². The second-order valence-electron chi connectivity index (χ2n) is 2.87. The predicted octanol–water partition coefficient (Wildman–Crippen LogP) is 2.18. The molecule has 0 amide bonds. The van der Waals surface area contributed by atoms with Crippen LogP contribution in [0.25, 0.3) is 0 Å². The molecule has 0 saturated heterocycles. The van der Waals surface area contributed by atoms with Crippen LogP contribution in [0.2, 0.25) is 0 Å². The molecule has 0 atom stereocenters. The fourth-order valence-corrected chi connectivity index (χ4v) is 0.878. The van der Waals surface area contributed by atoms with E-state index in [0.29, 0.717) is 5.92 Å². The number of rotatable bonds is 2. The van der Waals surface area contributed by atoms with Crippen LogP contribution in [-0.4, -0.2) is 5.11 Å². The van der Waals surface area contributed by atoms with Crippen molar-refractivity contribution in [3.05, 3.63) is 18.1 Å². The van der Waals surface area contributed by atoms with Crippen LogP contribution < -0.4 is 0 Å². The lowest BCUT2D eigenvalue weighted by molar-refractivity contribution is 0.443.